The number of aromatic amines is 1. The zero-order valence-corrected chi connectivity index (χ0v) is 10.5. The minimum absolute atomic E-state index is 0.163. The van der Waals surface area contributed by atoms with Crippen LogP contribution in [0.1, 0.15) is 25.0 Å². The Hall–Kier alpha value is -1.33. The standard InChI is InChI=1S/C13H20N2O3/c16-10-11-8-12(17)13(9-14-11)18-7-6-15-4-2-1-3-5-15/h8-9,16H,1-7,10H2,(H,14,17). The Kier molecular flexibility index (Phi) is 4.78. The van der Waals surface area contributed by atoms with Gasteiger partial charge in [0.05, 0.1) is 6.61 Å². The van der Waals surface area contributed by atoms with Gasteiger partial charge in [-0.3, -0.25) is 9.69 Å². The summed E-state index contributed by atoms with van der Waals surface area (Å²) in [6.45, 7) is 3.48. The SMILES string of the molecule is O=c1cc(CO)[nH]cc1OCCN1CCCCC1. The minimum atomic E-state index is -0.184. The van der Waals surface area contributed by atoms with E-state index in [-0.39, 0.29) is 12.0 Å². The van der Waals surface area contributed by atoms with Gasteiger partial charge in [-0.05, 0) is 25.9 Å². The third-order valence-corrected chi connectivity index (χ3v) is 3.22. The first-order valence-corrected chi connectivity index (χ1v) is 6.47. The molecule has 0 spiro atoms. The number of aromatic nitrogens is 1. The average Bonchev–Trinajstić information content (AvgIpc) is 2.42. The first kappa shape index (κ1) is 13.1. The zero-order chi connectivity index (χ0) is 12.8. The van der Waals surface area contributed by atoms with Crippen molar-refractivity contribution >= 4 is 0 Å². The number of aliphatic hydroxyl groups excluding tert-OH is 1. The smallest absolute Gasteiger partial charge is 0.223 e. The van der Waals surface area contributed by atoms with Gasteiger partial charge in [-0.25, -0.2) is 0 Å². The van der Waals surface area contributed by atoms with Crippen LogP contribution in [0.25, 0.3) is 0 Å². The van der Waals surface area contributed by atoms with Crippen LogP contribution in [0.4, 0.5) is 0 Å². The summed E-state index contributed by atoms with van der Waals surface area (Å²) in [4.78, 5) is 16.8. The minimum Gasteiger partial charge on any atom is -0.487 e. The number of aliphatic hydroxyl groups is 1. The lowest BCUT2D eigenvalue weighted by molar-refractivity contribution is 0.182. The molecular formula is C13H20N2O3. The fourth-order valence-electron chi connectivity index (χ4n) is 2.17. The van der Waals surface area contributed by atoms with Crippen LogP contribution in [0.3, 0.4) is 0 Å². The van der Waals surface area contributed by atoms with Crippen LogP contribution in [0.5, 0.6) is 5.75 Å². The second-order valence-electron chi connectivity index (χ2n) is 4.60. The lowest BCUT2D eigenvalue weighted by Crippen LogP contribution is -2.33. The number of nitrogens with zero attached hydrogens (tertiary/aromatic N) is 1. The van der Waals surface area contributed by atoms with E-state index in [1.54, 1.807) is 0 Å². The first-order valence-electron chi connectivity index (χ1n) is 6.47. The van der Waals surface area contributed by atoms with Crippen LogP contribution in [-0.2, 0) is 6.61 Å². The molecule has 0 aromatic carbocycles. The number of pyridine rings is 1. The summed E-state index contributed by atoms with van der Waals surface area (Å²) in [5.74, 6) is 0.323. The van der Waals surface area contributed by atoms with E-state index in [9.17, 15) is 4.79 Å². The van der Waals surface area contributed by atoms with Gasteiger partial charge in [0.1, 0.15) is 6.61 Å². The number of rotatable bonds is 5. The molecule has 2 N–H and O–H groups in total. The van der Waals surface area contributed by atoms with Crippen molar-refractivity contribution in [3.8, 4) is 5.75 Å². The lowest BCUT2D eigenvalue weighted by atomic mass is 10.1. The van der Waals surface area contributed by atoms with Crippen LogP contribution in [0.2, 0.25) is 0 Å². The van der Waals surface area contributed by atoms with E-state index in [4.69, 9.17) is 9.84 Å². The summed E-state index contributed by atoms with van der Waals surface area (Å²) in [6, 6.07) is 1.37. The van der Waals surface area contributed by atoms with E-state index in [1.807, 2.05) is 0 Å². The van der Waals surface area contributed by atoms with Crippen LogP contribution in [-0.4, -0.2) is 41.2 Å². The fourth-order valence-corrected chi connectivity index (χ4v) is 2.17. The third-order valence-electron chi connectivity index (χ3n) is 3.22. The van der Waals surface area contributed by atoms with Crippen molar-refractivity contribution in [2.24, 2.45) is 0 Å². The van der Waals surface area contributed by atoms with Crippen molar-refractivity contribution in [1.82, 2.24) is 9.88 Å². The van der Waals surface area contributed by atoms with E-state index < -0.39 is 0 Å². The number of hydrogen-bond donors (Lipinski definition) is 2. The molecule has 0 atom stereocenters. The second-order valence-corrected chi connectivity index (χ2v) is 4.60. The summed E-state index contributed by atoms with van der Waals surface area (Å²) >= 11 is 0. The highest BCUT2D eigenvalue weighted by atomic mass is 16.5. The largest absolute Gasteiger partial charge is 0.487 e. The number of ether oxygens (including phenoxy) is 1. The van der Waals surface area contributed by atoms with Crippen molar-refractivity contribution in [2.75, 3.05) is 26.2 Å². The topological polar surface area (TPSA) is 65.6 Å². The molecule has 1 aromatic rings. The highest BCUT2D eigenvalue weighted by Crippen LogP contribution is 2.08. The molecule has 1 fully saturated rings. The Morgan fingerprint density at radius 3 is 2.78 bits per heavy atom. The Balaban J connectivity index is 1.80. The molecule has 1 aliphatic rings. The van der Waals surface area contributed by atoms with Gasteiger partial charge in [0.2, 0.25) is 5.43 Å². The van der Waals surface area contributed by atoms with Crippen molar-refractivity contribution in [3.05, 3.63) is 28.2 Å². The van der Waals surface area contributed by atoms with Gasteiger partial charge >= 0.3 is 0 Å². The van der Waals surface area contributed by atoms with Crippen molar-refractivity contribution < 1.29 is 9.84 Å². The van der Waals surface area contributed by atoms with Crippen LogP contribution in [0, 0.1) is 0 Å². The summed E-state index contributed by atoms with van der Waals surface area (Å²) in [5.41, 5.74) is 0.319. The molecule has 0 bridgehead atoms. The quantitative estimate of drug-likeness (QED) is 0.811. The van der Waals surface area contributed by atoms with E-state index in [1.165, 1.54) is 31.5 Å². The van der Waals surface area contributed by atoms with E-state index >= 15 is 0 Å². The van der Waals surface area contributed by atoms with E-state index in [0.29, 0.717) is 18.1 Å². The number of nitrogens with one attached hydrogen (secondary N) is 1. The molecule has 1 aromatic heterocycles. The lowest BCUT2D eigenvalue weighted by Gasteiger charge is -2.26. The summed E-state index contributed by atoms with van der Waals surface area (Å²) in [7, 11) is 0. The Morgan fingerprint density at radius 1 is 1.33 bits per heavy atom. The summed E-state index contributed by atoms with van der Waals surface area (Å²) < 4.78 is 5.47. The highest BCUT2D eigenvalue weighted by molar-refractivity contribution is 5.19. The fraction of sp³-hybridized carbons (Fsp3) is 0.615. The molecule has 1 saturated heterocycles. The van der Waals surface area contributed by atoms with Gasteiger partial charge in [0.15, 0.2) is 5.75 Å². The molecule has 0 saturated carbocycles. The molecular weight excluding hydrogens is 232 g/mol. The van der Waals surface area contributed by atoms with Crippen LogP contribution in [0.15, 0.2) is 17.1 Å². The van der Waals surface area contributed by atoms with Crippen molar-refractivity contribution in [3.63, 3.8) is 0 Å². The van der Waals surface area contributed by atoms with Gasteiger partial charge in [0, 0.05) is 24.5 Å². The maximum Gasteiger partial charge on any atom is 0.223 e. The van der Waals surface area contributed by atoms with E-state index in [2.05, 4.69) is 9.88 Å². The number of H-pyrrole nitrogens is 1. The molecule has 100 valence electrons. The number of hydrogen-bond acceptors (Lipinski definition) is 4. The molecule has 5 nitrogen and oxygen atoms in total. The molecule has 1 aliphatic heterocycles. The molecule has 0 aliphatic carbocycles. The predicted octanol–water partition coefficient (Wildman–Crippen LogP) is 0.732. The zero-order valence-electron chi connectivity index (χ0n) is 10.5. The van der Waals surface area contributed by atoms with Gasteiger partial charge in [-0.1, -0.05) is 6.42 Å². The molecule has 5 heteroatoms. The Bertz CT molecular complexity index is 424. The number of likely N-dealkylation sites (tertiary alicyclic amines) is 1. The molecule has 2 rings (SSSR count). The summed E-state index contributed by atoms with van der Waals surface area (Å²) in [6.07, 6.45) is 5.35. The average molecular weight is 252 g/mol. The first-order chi connectivity index (χ1) is 8.79. The normalized spacial score (nSPS) is 16.7. The van der Waals surface area contributed by atoms with Crippen LogP contribution >= 0.6 is 0 Å². The molecule has 18 heavy (non-hydrogen) atoms. The van der Waals surface area contributed by atoms with Crippen molar-refractivity contribution in [1.29, 1.82) is 0 Å². The Morgan fingerprint density at radius 2 is 2.11 bits per heavy atom. The van der Waals surface area contributed by atoms with Crippen molar-refractivity contribution in [2.45, 2.75) is 25.9 Å². The van der Waals surface area contributed by atoms with Gasteiger partial charge in [-0.2, -0.15) is 0 Å². The van der Waals surface area contributed by atoms with Crippen LogP contribution < -0.4 is 10.2 Å². The second kappa shape index (κ2) is 6.56. The van der Waals surface area contributed by atoms with Gasteiger partial charge in [0.25, 0.3) is 0 Å². The maximum absolute atomic E-state index is 11.6. The molecule has 2 heterocycles. The maximum atomic E-state index is 11.6. The molecule has 0 unspecified atom stereocenters. The molecule has 0 radical (unpaired) electrons. The monoisotopic (exact) mass is 252 g/mol. The summed E-state index contributed by atoms with van der Waals surface area (Å²) in [5, 5.41) is 8.88. The predicted molar refractivity (Wildman–Crippen MR) is 68.8 cm³/mol. The van der Waals surface area contributed by atoms with Gasteiger partial charge in [-0.15, -0.1) is 0 Å². The van der Waals surface area contributed by atoms with E-state index in [0.717, 1.165) is 19.6 Å². The third kappa shape index (κ3) is 3.58. The Labute approximate surface area is 106 Å². The molecule has 0 amide bonds. The number of piperidine rings is 1. The van der Waals surface area contributed by atoms with Gasteiger partial charge < -0.3 is 14.8 Å². The highest BCUT2D eigenvalue weighted by Gasteiger charge is 2.10.